The maximum Gasteiger partial charge on any atom is 0.261 e. The second kappa shape index (κ2) is 9.14. The molecule has 0 saturated carbocycles. The van der Waals surface area contributed by atoms with Gasteiger partial charge in [0.2, 0.25) is 5.91 Å². The Morgan fingerprint density at radius 2 is 1.77 bits per heavy atom. The van der Waals surface area contributed by atoms with Crippen LogP contribution in [0.1, 0.15) is 31.2 Å². The number of nitrogens with two attached hydrogens (primary N) is 1. The smallest absolute Gasteiger partial charge is 0.261 e. The van der Waals surface area contributed by atoms with Crippen LogP contribution in [-0.4, -0.2) is 41.5 Å². The van der Waals surface area contributed by atoms with Crippen LogP contribution < -0.4 is 15.2 Å². The summed E-state index contributed by atoms with van der Waals surface area (Å²) in [5.41, 5.74) is 5.85. The summed E-state index contributed by atoms with van der Waals surface area (Å²) in [7, 11) is 0. The Hall–Kier alpha value is -2.80. The SMILES string of the molecule is NC(=O)Cc1cc(Cl)ccc1OCC(=O)N1[C@@H]2CC[C@@H]1CC(Oc1ccc(F)cc1)C2. The summed E-state index contributed by atoms with van der Waals surface area (Å²) in [6.07, 6.45) is 3.29. The average molecular weight is 447 g/mol. The summed E-state index contributed by atoms with van der Waals surface area (Å²) in [5, 5.41) is 0.469. The van der Waals surface area contributed by atoms with E-state index in [0.717, 1.165) is 25.7 Å². The molecule has 4 rings (SSSR count). The number of ether oxygens (including phenoxy) is 2. The normalized spacial score (nSPS) is 22.3. The fraction of sp³-hybridized carbons (Fsp3) is 0.391. The molecule has 2 N–H and O–H groups in total. The van der Waals surface area contributed by atoms with Crippen molar-refractivity contribution in [2.45, 2.75) is 50.3 Å². The zero-order valence-electron chi connectivity index (χ0n) is 16.9. The Labute approximate surface area is 185 Å². The Morgan fingerprint density at radius 1 is 1.10 bits per heavy atom. The molecule has 2 heterocycles. The predicted octanol–water partition coefficient (Wildman–Crippen LogP) is 3.49. The summed E-state index contributed by atoms with van der Waals surface area (Å²) >= 11 is 6.00. The zero-order chi connectivity index (χ0) is 22.0. The first kappa shape index (κ1) is 21.4. The molecular weight excluding hydrogens is 423 g/mol. The third-order valence-electron chi connectivity index (χ3n) is 5.83. The van der Waals surface area contributed by atoms with Crippen molar-refractivity contribution in [3.05, 3.63) is 58.9 Å². The number of fused-ring (bicyclic) bond motifs is 2. The molecule has 0 radical (unpaired) electrons. The van der Waals surface area contributed by atoms with Crippen LogP contribution in [0.15, 0.2) is 42.5 Å². The van der Waals surface area contributed by atoms with E-state index < -0.39 is 5.91 Å². The van der Waals surface area contributed by atoms with Crippen LogP contribution in [0.3, 0.4) is 0 Å². The minimum Gasteiger partial charge on any atom is -0.490 e. The van der Waals surface area contributed by atoms with E-state index in [1.807, 2.05) is 4.90 Å². The van der Waals surface area contributed by atoms with E-state index in [0.29, 0.717) is 22.1 Å². The van der Waals surface area contributed by atoms with E-state index >= 15 is 0 Å². The minimum absolute atomic E-state index is 0.00800. The summed E-state index contributed by atoms with van der Waals surface area (Å²) in [6.45, 7) is -0.121. The molecule has 2 saturated heterocycles. The monoisotopic (exact) mass is 446 g/mol. The quantitative estimate of drug-likeness (QED) is 0.705. The number of halogens is 2. The number of rotatable bonds is 7. The first-order valence-corrected chi connectivity index (χ1v) is 10.7. The lowest BCUT2D eigenvalue weighted by Crippen LogP contribution is -2.50. The van der Waals surface area contributed by atoms with Gasteiger partial charge in [0.15, 0.2) is 6.61 Å². The highest BCUT2D eigenvalue weighted by Gasteiger charge is 2.44. The second-order valence-electron chi connectivity index (χ2n) is 8.03. The van der Waals surface area contributed by atoms with Crippen LogP contribution in [0.25, 0.3) is 0 Å². The van der Waals surface area contributed by atoms with Crippen molar-refractivity contribution in [3.8, 4) is 11.5 Å². The molecule has 2 aliphatic heterocycles. The minimum atomic E-state index is -0.500. The van der Waals surface area contributed by atoms with Gasteiger partial charge in [-0.25, -0.2) is 4.39 Å². The highest BCUT2D eigenvalue weighted by Crippen LogP contribution is 2.37. The molecule has 31 heavy (non-hydrogen) atoms. The standard InChI is InChI=1S/C23H24ClFN2O4/c24-15-1-8-21(14(9-15)10-22(26)28)30-13-23(29)27-17-4-5-18(27)12-20(11-17)31-19-6-2-16(25)3-7-19/h1-3,6-9,17-18,20H,4-5,10-13H2,(H2,26,28)/t17-,18-/m1/s1. The Kier molecular flexibility index (Phi) is 6.32. The number of primary amides is 1. The van der Waals surface area contributed by atoms with Gasteiger partial charge in [0, 0.05) is 35.5 Å². The van der Waals surface area contributed by atoms with Gasteiger partial charge in [0.1, 0.15) is 23.4 Å². The van der Waals surface area contributed by atoms with Gasteiger partial charge in [-0.3, -0.25) is 9.59 Å². The van der Waals surface area contributed by atoms with Crippen LogP contribution in [-0.2, 0) is 16.0 Å². The molecular formula is C23H24ClFN2O4. The number of hydrogen-bond donors (Lipinski definition) is 1. The molecule has 2 amide bonds. The molecule has 2 bridgehead atoms. The Morgan fingerprint density at radius 3 is 2.42 bits per heavy atom. The van der Waals surface area contributed by atoms with E-state index in [4.69, 9.17) is 26.8 Å². The molecule has 0 aliphatic carbocycles. The number of benzene rings is 2. The lowest BCUT2D eigenvalue weighted by Gasteiger charge is -2.38. The first-order chi connectivity index (χ1) is 14.9. The molecule has 2 fully saturated rings. The van der Waals surface area contributed by atoms with E-state index in [1.165, 1.54) is 12.1 Å². The summed E-state index contributed by atoms with van der Waals surface area (Å²) in [6, 6.07) is 11.1. The molecule has 8 heteroatoms. The number of carbonyl (C=O) groups excluding carboxylic acids is 2. The van der Waals surface area contributed by atoms with Gasteiger partial charge in [0.25, 0.3) is 5.91 Å². The van der Waals surface area contributed by atoms with Crippen molar-refractivity contribution in [1.82, 2.24) is 4.90 Å². The van der Waals surface area contributed by atoms with Crippen molar-refractivity contribution in [1.29, 1.82) is 0 Å². The summed E-state index contributed by atoms with van der Waals surface area (Å²) < 4.78 is 24.9. The molecule has 2 atom stereocenters. The number of carbonyl (C=O) groups is 2. The van der Waals surface area contributed by atoms with Crippen LogP contribution in [0.4, 0.5) is 4.39 Å². The number of hydrogen-bond acceptors (Lipinski definition) is 4. The third-order valence-corrected chi connectivity index (χ3v) is 6.07. The molecule has 2 aromatic rings. The van der Waals surface area contributed by atoms with Crippen molar-refractivity contribution < 1.29 is 23.5 Å². The molecule has 2 aromatic carbocycles. The molecule has 0 aromatic heterocycles. The fourth-order valence-corrected chi connectivity index (χ4v) is 4.76. The van der Waals surface area contributed by atoms with Gasteiger partial charge < -0.3 is 20.1 Å². The van der Waals surface area contributed by atoms with Crippen LogP contribution in [0.5, 0.6) is 11.5 Å². The zero-order valence-corrected chi connectivity index (χ0v) is 17.7. The lowest BCUT2D eigenvalue weighted by atomic mass is 9.99. The van der Waals surface area contributed by atoms with Crippen molar-refractivity contribution >= 4 is 23.4 Å². The van der Waals surface area contributed by atoms with Gasteiger partial charge in [-0.05, 0) is 55.3 Å². The Bertz CT molecular complexity index is 955. The average Bonchev–Trinajstić information content (AvgIpc) is 2.99. The maximum absolute atomic E-state index is 13.1. The molecule has 0 spiro atoms. The van der Waals surface area contributed by atoms with Gasteiger partial charge in [0.05, 0.1) is 6.42 Å². The largest absolute Gasteiger partial charge is 0.490 e. The molecule has 6 nitrogen and oxygen atoms in total. The molecule has 164 valence electrons. The number of piperidine rings is 1. The highest BCUT2D eigenvalue weighted by atomic mass is 35.5. The highest BCUT2D eigenvalue weighted by molar-refractivity contribution is 6.30. The van der Waals surface area contributed by atoms with Gasteiger partial charge in [-0.15, -0.1) is 0 Å². The van der Waals surface area contributed by atoms with Crippen LogP contribution in [0, 0.1) is 5.82 Å². The first-order valence-electron chi connectivity index (χ1n) is 10.3. The fourth-order valence-electron chi connectivity index (χ4n) is 4.56. The van der Waals surface area contributed by atoms with Crippen molar-refractivity contribution in [2.75, 3.05) is 6.61 Å². The van der Waals surface area contributed by atoms with Crippen LogP contribution >= 0.6 is 11.6 Å². The second-order valence-corrected chi connectivity index (χ2v) is 8.47. The number of nitrogens with zero attached hydrogens (tertiary/aromatic N) is 1. The van der Waals surface area contributed by atoms with E-state index in [9.17, 15) is 14.0 Å². The van der Waals surface area contributed by atoms with Crippen LogP contribution in [0.2, 0.25) is 5.02 Å². The van der Waals surface area contributed by atoms with Gasteiger partial charge in [-0.2, -0.15) is 0 Å². The van der Waals surface area contributed by atoms with Gasteiger partial charge in [-0.1, -0.05) is 11.6 Å². The Balaban J connectivity index is 1.36. The third kappa shape index (κ3) is 5.10. The van der Waals surface area contributed by atoms with Crippen molar-refractivity contribution in [2.24, 2.45) is 5.73 Å². The lowest BCUT2D eigenvalue weighted by molar-refractivity contribution is -0.139. The van der Waals surface area contributed by atoms with E-state index in [1.54, 1.807) is 30.3 Å². The summed E-state index contributed by atoms with van der Waals surface area (Å²) in [4.78, 5) is 26.2. The van der Waals surface area contributed by atoms with Gasteiger partial charge >= 0.3 is 0 Å². The number of amides is 2. The topological polar surface area (TPSA) is 81.9 Å². The van der Waals surface area contributed by atoms with E-state index in [-0.39, 0.29) is 42.9 Å². The summed E-state index contributed by atoms with van der Waals surface area (Å²) in [5.74, 6) is 0.178. The molecule has 2 aliphatic rings. The van der Waals surface area contributed by atoms with E-state index in [2.05, 4.69) is 0 Å². The molecule has 0 unspecified atom stereocenters. The predicted molar refractivity (Wildman–Crippen MR) is 114 cm³/mol. The van der Waals surface area contributed by atoms with Crippen molar-refractivity contribution in [3.63, 3.8) is 0 Å². The maximum atomic E-state index is 13.1.